The molecule has 12 nitrogen and oxygen atoms in total. The number of aliphatic hydroxyl groups is 4. The molecule has 0 aromatic carbocycles. The molecule has 4 N–H and O–H groups in total. The van der Waals surface area contributed by atoms with E-state index in [2.05, 4.69) is 9.05 Å². The van der Waals surface area contributed by atoms with Crippen molar-refractivity contribution in [3.05, 3.63) is 0 Å². The van der Waals surface area contributed by atoms with Gasteiger partial charge in [0, 0.05) is 0 Å². The standard InChI is InChI=1S/2C4H6O6.Na.Sb/c2*5-1(3(7)8)2(6)4(9)10;;/h2*1-2,5-6H,(H,7,8)(H,9,10);;/q;;+1;+3/p-4/t1-,2+;1-,2-;;/m.1../s1. The number of carboxylic acids is 1. The number of hydrogen-bond donors (Lipinski definition) is 4. The second-order valence-corrected chi connectivity index (χ2v) is 6.39. The van der Waals surface area contributed by atoms with E-state index in [0.717, 1.165) is 0 Å². The topological polar surface area (TPSA) is 200 Å². The Hall–Kier alpha value is -0.462. The summed E-state index contributed by atoms with van der Waals surface area (Å²) in [5.41, 5.74) is 0. The molecular weight excluding hydrogens is 433 g/mol. The van der Waals surface area contributed by atoms with E-state index in [1.165, 1.54) is 0 Å². The van der Waals surface area contributed by atoms with E-state index >= 15 is 0 Å². The number of carbonyl (C=O) groups excluding carboxylic acids is 4. The van der Waals surface area contributed by atoms with Crippen LogP contribution in [0.5, 0.6) is 0 Å². The quantitative estimate of drug-likeness (QED) is 0.301. The van der Waals surface area contributed by atoms with Crippen LogP contribution in [0.4, 0.5) is 0 Å². The molecular formula is C8H8NaO12Sb. The van der Waals surface area contributed by atoms with Crippen molar-refractivity contribution in [1.82, 2.24) is 0 Å². The number of aliphatic carboxylic acids is 1. The molecule has 0 amide bonds. The Morgan fingerprint density at radius 3 is 1.86 bits per heavy atom. The first-order valence-electron chi connectivity index (χ1n) is 5.03. The van der Waals surface area contributed by atoms with Gasteiger partial charge in [-0.2, -0.15) is 0 Å². The van der Waals surface area contributed by atoms with Crippen LogP contribution in [0.3, 0.4) is 0 Å². The summed E-state index contributed by atoms with van der Waals surface area (Å²) in [4.78, 5) is 43.8. The van der Waals surface area contributed by atoms with Crippen LogP contribution in [0, 0.1) is 0 Å². The molecule has 1 aliphatic heterocycles. The second-order valence-electron chi connectivity index (χ2n) is 3.55. The Bertz CT molecular complexity index is 446. The zero-order valence-corrected chi connectivity index (χ0v) is 15.4. The maximum absolute atomic E-state index is 11.3. The van der Waals surface area contributed by atoms with Gasteiger partial charge in [0.05, 0.1) is 0 Å². The van der Waals surface area contributed by atoms with Gasteiger partial charge < -0.3 is 0 Å². The zero-order valence-electron chi connectivity index (χ0n) is 10.8. The summed E-state index contributed by atoms with van der Waals surface area (Å²) in [6.07, 6.45) is -9.68. The molecule has 1 fully saturated rings. The minimum atomic E-state index is -4.39. The van der Waals surface area contributed by atoms with Gasteiger partial charge >= 0.3 is 153 Å². The molecule has 0 unspecified atom stereocenters. The van der Waals surface area contributed by atoms with Crippen LogP contribution in [0.1, 0.15) is 0 Å². The summed E-state index contributed by atoms with van der Waals surface area (Å²) < 4.78 is 12.9. The van der Waals surface area contributed by atoms with Crippen LogP contribution in [0.25, 0.3) is 0 Å². The first-order chi connectivity index (χ1) is 9.65. The number of rotatable bonds is 4. The molecule has 0 aliphatic carbocycles. The van der Waals surface area contributed by atoms with Crippen molar-refractivity contribution in [3.63, 3.8) is 0 Å². The molecule has 0 radical (unpaired) electrons. The number of carbonyl (C=O) groups is 4. The van der Waals surface area contributed by atoms with Gasteiger partial charge in [0.15, 0.2) is 0 Å². The van der Waals surface area contributed by atoms with E-state index in [4.69, 9.17) is 20.4 Å². The predicted molar refractivity (Wildman–Crippen MR) is 53.1 cm³/mol. The molecule has 1 aliphatic rings. The summed E-state index contributed by atoms with van der Waals surface area (Å²) in [6.45, 7) is 0. The van der Waals surface area contributed by atoms with Gasteiger partial charge in [0.25, 0.3) is 0 Å². The summed E-state index contributed by atoms with van der Waals surface area (Å²) in [6, 6.07) is 0. The third-order valence-electron chi connectivity index (χ3n) is 2.06. The molecule has 118 valence electrons. The SMILES string of the molecule is O=C1[O][Sb]([O]C(=O)[C@H](O)[C@@H](O)C(=O)[O-])[O]C(=O)[C@H](O)[C@@H]1O.[Na+]. The fourth-order valence-corrected chi connectivity index (χ4v) is 3.46. The average Bonchev–Trinajstić information content (AvgIpc) is 2.50. The minimum Gasteiger partial charge on any atom is 1.00 e. The number of carboxylic acid groups (broad SMARTS) is 1. The Balaban J connectivity index is 0.00000441. The minimum absolute atomic E-state index is 0. The Kier molecular flexibility index (Phi) is 8.80. The Labute approximate surface area is 152 Å². The molecule has 1 saturated heterocycles. The molecule has 1 rings (SSSR count). The van der Waals surface area contributed by atoms with E-state index in [0.29, 0.717) is 0 Å². The van der Waals surface area contributed by atoms with Gasteiger partial charge in [0.1, 0.15) is 0 Å². The summed E-state index contributed by atoms with van der Waals surface area (Å²) in [5.74, 6) is -6.92. The van der Waals surface area contributed by atoms with E-state index in [-0.39, 0.29) is 29.6 Å². The molecule has 0 spiro atoms. The van der Waals surface area contributed by atoms with E-state index in [9.17, 15) is 24.3 Å². The van der Waals surface area contributed by atoms with Crippen molar-refractivity contribution < 1.29 is 83.3 Å². The van der Waals surface area contributed by atoms with Gasteiger partial charge in [-0.05, 0) is 0 Å². The normalized spacial score (nSPS) is 24.9. The van der Waals surface area contributed by atoms with Crippen molar-refractivity contribution >= 4 is 45.3 Å². The van der Waals surface area contributed by atoms with Crippen LogP contribution in [0.15, 0.2) is 0 Å². The monoisotopic (exact) mass is 440 g/mol. The van der Waals surface area contributed by atoms with Crippen molar-refractivity contribution in [1.29, 1.82) is 0 Å². The van der Waals surface area contributed by atoms with Crippen LogP contribution >= 0.6 is 0 Å². The molecule has 4 atom stereocenters. The van der Waals surface area contributed by atoms with Crippen LogP contribution < -0.4 is 34.7 Å². The summed E-state index contributed by atoms with van der Waals surface area (Å²) in [7, 11) is 0. The molecule has 0 bridgehead atoms. The number of aliphatic hydroxyl groups excluding tert-OH is 4. The zero-order chi connectivity index (χ0) is 16.3. The third kappa shape index (κ3) is 5.32. The number of hydrogen-bond acceptors (Lipinski definition) is 12. The van der Waals surface area contributed by atoms with Gasteiger partial charge in [-0.3, -0.25) is 0 Å². The van der Waals surface area contributed by atoms with E-state index < -0.39 is 69.8 Å². The largest absolute Gasteiger partial charge is 1.00 e. The van der Waals surface area contributed by atoms with Crippen molar-refractivity contribution in [2.75, 3.05) is 0 Å². The molecule has 14 heteroatoms. The Morgan fingerprint density at radius 1 is 1.09 bits per heavy atom. The second kappa shape index (κ2) is 8.99. The Morgan fingerprint density at radius 2 is 1.50 bits per heavy atom. The fourth-order valence-electron chi connectivity index (χ4n) is 0.954. The molecule has 0 aromatic rings. The molecule has 22 heavy (non-hydrogen) atoms. The molecule has 0 aromatic heterocycles. The van der Waals surface area contributed by atoms with Gasteiger partial charge in [-0.1, -0.05) is 0 Å². The predicted octanol–water partition coefficient (Wildman–Crippen LogP) is -9.19. The van der Waals surface area contributed by atoms with Crippen LogP contribution in [0.2, 0.25) is 0 Å². The smallest absolute Gasteiger partial charge is 1.00 e. The maximum atomic E-state index is 11.3. The molecule has 0 saturated carbocycles. The first kappa shape index (κ1) is 21.5. The van der Waals surface area contributed by atoms with Crippen molar-refractivity contribution in [2.24, 2.45) is 0 Å². The first-order valence-corrected chi connectivity index (χ1v) is 8.16. The molecule has 1 heterocycles. The summed E-state index contributed by atoms with van der Waals surface area (Å²) >= 11 is -4.39. The van der Waals surface area contributed by atoms with Crippen LogP contribution in [-0.2, 0) is 28.2 Å². The fraction of sp³-hybridized carbons (Fsp3) is 0.500. The summed E-state index contributed by atoms with van der Waals surface area (Å²) in [5, 5.41) is 46.4. The van der Waals surface area contributed by atoms with E-state index in [1.807, 2.05) is 0 Å². The van der Waals surface area contributed by atoms with Gasteiger partial charge in [-0.25, -0.2) is 0 Å². The van der Waals surface area contributed by atoms with Crippen molar-refractivity contribution in [2.45, 2.75) is 24.4 Å². The van der Waals surface area contributed by atoms with E-state index in [1.54, 1.807) is 0 Å². The van der Waals surface area contributed by atoms with Gasteiger partial charge in [0.2, 0.25) is 0 Å². The average molecular weight is 441 g/mol. The van der Waals surface area contributed by atoms with Crippen LogP contribution in [-0.4, -0.2) is 90.2 Å². The van der Waals surface area contributed by atoms with Crippen molar-refractivity contribution in [3.8, 4) is 0 Å². The van der Waals surface area contributed by atoms with Gasteiger partial charge in [-0.15, -0.1) is 0 Å². The maximum Gasteiger partial charge on any atom is 1.00 e. The third-order valence-corrected chi connectivity index (χ3v) is 4.87.